The molecule has 0 fully saturated rings. The summed E-state index contributed by atoms with van der Waals surface area (Å²) in [6.45, 7) is 7.52. The van der Waals surface area contributed by atoms with Gasteiger partial charge in [0.15, 0.2) is 0 Å². The Morgan fingerprint density at radius 1 is 1.20 bits per heavy atom. The summed E-state index contributed by atoms with van der Waals surface area (Å²) in [6, 6.07) is 8.65. The fraction of sp³-hybridized carbons (Fsp3) is 0.538. The maximum absolute atomic E-state index is 5.30. The highest BCUT2D eigenvalue weighted by Crippen LogP contribution is 2.17. The maximum atomic E-state index is 5.30. The molecule has 0 spiro atoms. The fourth-order valence-electron chi connectivity index (χ4n) is 1.36. The van der Waals surface area contributed by atoms with Gasteiger partial charge in [-0.15, -0.1) is 0 Å². The molecular formula is C13H21NO. The SMILES string of the molecule is COc1ccccc1CN[C@H](C)C(C)C. The Morgan fingerprint density at radius 2 is 1.87 bits per heavy atom. The second-order valence-electron chi connectivity index (χ2n) is 4.23. The Bertz CT molecular complexity index is 296. The second kappa shape index (κ2) is 5.76. The van der Waals surface area contributed by atoms with E-state index in [9.17, 15) is 0 Å². The molecule has 84 valence electrons. The molecular weight excluding hydrogens is 186 g/mol. The van der Waals surface area contributed by atoms with E-state index in [2.05, 4.69) is 32.2 Å². The number of para-hydroxylation sites is 1. The molecule has 0 heterocycles. The van der Waals surface area contributed by atoms with Crippen molar-refractivity contribution in [2.75, 3.05) is 7.11 Å². The lowest BCUT2D eigenvalue weighted by molar-refractivity contribution is 0.395. The predicted octanol–water partition coefficient (Wildman–Crippen LogP) is 2.83. The molecule has 0 amide bonds. The molecule has 0 aromatic heterocycles. The Hall–Kier alpha value is -1.02. The van der Waals surface area contributed by atoms with Gasteiger partial charge in [0.2, 0.25) is 0 Å². The fourth-order valence-corrected chi connectivity index (χ4v) is 1.36. The van der Waals surface area contributed by atoms with E-state index >= 15 is 0 Å². The van der Waals surface area contributed by atoms with Gasteiger partial charge in [-0.25, -0.2) is 0 Å². The summed E-state index contributed by atoms with van der Waals surface area (Å²) in [7, 11) is 1.71. The van der Waals surface area contributed by atoms with Crippen LogP contribution in [0.5, 0.6) is 5.75 Å². The Balaban J connectivity index is 2.57. The van der Waals surface area contributed by atoms with Crippen LogP contribution in [0, 0.1) is 5.92 Å². The van der Waals surface area contributed by atoms with Crippen molar-refractivity contribution in [2.24, 2.45) is 5.92 Å². The Labute approximate surface area is 92.6 Å². The van der Waals surface area contributed by atoms with Crippen LogP contribution in [-0.2, 0) is 6.54 Å². The minimum absolute atomic E-state index is 0.523. The zero-order chi connectivity index (χ0) is 11.3. The molecule has 1 atom stereocenters. The van der Waals surface area contributed by atoms with Crippen LogP contribution in [0.3, 0.4) is 0 Å². The van der Waals surface area contributed by atoms with E-state index in [4.69, 9.17) is 4.74 Å². The molecule has 0 aliphatic heterocycles. The van der Waals surface area contributed by atoms with E-state index < -0.39 is 0 Å². The van der Waals surface area contributed by atoms with E-state index in [1.807, 2.05) is 18.2 Å². The second-order valence-corrected chi connectivity index (χ2v) is 4.23. The normalized spacial score (nSPS) is 12.9. The van der Waals surface area contributed by atoms with Gasteiger partial charge in [-0.05, 0) is 18.9 Å². The first kappa shape index (κ1) is 12.1. The van der Waals surface area contributed by atoms with Crippen LogP contribution in [0.2, 0.25) is 0 Å². The lowest BCUT2D eigenvalue weighted by Gasteiger charge is -2.18. The summed E-state index contributed by atoms with van der Waals surface area (Å²) in [5.41, 5.74) is 1.22. The summed E-state index contributed by atoms with van der Waals surface area (Å²) >= 11 is 0. The molecule has 1 aromatic rings. The van der Waals surface area contributed by atoms with E-state index in [0.717, 1.165) is 12.3 Å². The number of hydrogen-bond donors (Lipinski definition) is 1. The lowest BCUT2D eigenvalue weighted by atomic mass is 10.1. The highest BCUT2D eigenvalue weighted by Gasteiger charge is 2.07. The average molecular weight is 207 g/mol. The molecule has 2 heteroatoms. The first-order valence-corrected chi connectivity index (χ1v) is 5.50. The average Bonchev–Trinajstić information content (AvgIpc) is 2.26. The number of methoxy groups -OCH3 is 1. The van der Waals surface area contributed by atoms with Gasteiger partial charge >= 0.3 is 0 Å². The molecule has 0 radical (unpaired) electrons. The zero-order valence-electron chi connectivity index (χ0n) is 10.1. The first-order valence-electron chi connectivity index (χ1n) is 5.50. The topological polar surface area (TPSA) is 21.3 Å². The third kappa shape index (κ3) is 3.56. The molecule has 2 nitrogen and oxygen atoms in total. The van der Waals surface area contributed by atoms with Crippen LogP contribution in [0.1, 0.15) is 26.3 Å². The van der Waals surface area contributed by atoms with Crippen LogP contribution < -0.4 is 10.1 Å². The van der Waals surface area contributed by atoms with Crippen molar-refractivity contribution in [3.8, 4) is 5.75 Å². The van der Waals surface area contributed by atoms with E-state index in [-0.39, 0.29) is 0 Å². The standard InChI is InChI=1S/C13H21NO/c1-10(2)11(3)14-9-12-7-5-6-8-13(12)15-4/h5-8,10-11,14H,9H2,1-4H3/t11-/m1/s1. The number of hydrogen-bond acceptors (Lipinski definition) is 2. The number of rotatable bonds is 5. The maximum Gasteiger partial charge on any atom is 0.123 e. The smallest absolute Gasteiger partial charge is 0.123 e. The van der Waals surface area contributed by atoms with E-state index in [1.54, 1.807) is 7.11 Å². The van der Waals surface area contributed by atoms with E-state index in [0.29, 0.717) is 12.0 Å². The van der Waals surface area contributed by atoms with Crippen LogP contribution in [-0.4, -0.2) is 13.2 Å². The summed E-state index contributed by atoms with van der Waals surface area (Å²) in [6.07, 6.45) is 0. The van der Waals surface area contributed by atoms with Crippen molar-refractivity contribution in [2.45, 2.75) is 33.4 Å². The number of nitrogens with one attached hydrogen (secondary N) is 1. The molecule has 1 rings (SSSR count). The van der Waals surface area contributed by atoms with Crippen molar-refractivity contribution in [3.63, 3.8) is 0 Å². The molecule has 0 saturated heterocycles. The summed E-state index contributed by atoms with van der Waals surface area (Å²) in [4.78, 5) is 0. The van der Waals surface area contributed by atoms with Gasteiger partial charge in [-0.2, -0.15) is 0 Å². The van der Waals surface area contributed by atoms with Gasteiger partial charge in [0.05, 0.1) is 7.11 Å². The molecule has 1 aromatic carbocycles. The lowest BCUT2D eigenvalue weighted by Crippen LogP contribution is -2.30. The molecule has 0 unspecified atom stereocenters. The summed E-state index contributed by atoms with van der Waals surface area (Å²) in [5, 5.41) is 3.49. The van der Waals surface area contributed by atoms with Crippen LogP contribution in [0.25, 0.3) is 0 Å². The third-order valence-electron chi connectivity index (χ3n) is 2.81. The Kier molecular flexibility index (Phi) is 4.63. The minimum Gasteiger partial charge on any atom is -0.496 e. The van der Waals surface area contributed by atoms with Gasteiger partial charge in [-0.3, -0.25) is 0 Å². The van der Waals surface area contributed by atoms with Crippen LogP contribution in [0.4, 0.5) is 0 Å². The molecule has 0 saturated carbocycles. The van der Waals surface area contributed by atoms with Gasteiger partial charge in [0, 0.05) is 18.2 Å². The van der Waals surface area contributed by atoms with Crippen molar-refractivity contribution in [1.82, 2.24) is 5.32 Å². The summed E-state index contributed by atoms with van der Waals surface area (Å²) in [5.74, 6) is 1.61. The van der Waals surface area contributed by atoms with Gasteiger partial charge < -0.3 is 10.1 Å². The van der Waals surface area contributed by atoms with Crippen molar-refractivity contribution < 1.29 is 4.74 Å². The van der Waals surface area contributed by atoms with Crippen LogP contribution >= 0.6 is 0 Å². The molecule has 0 bridgehead atoms. The van der Waals surface area contributed by atoms with Gasteiger partial charge in [0.1, 0.15) is 5.75 Å². The minimum atomic E-state index is 0.523. The van der Waals surface area contributed by atoms with Gasteiger partial charge in [0.25, 0.3) is 0 Å². The molecule has 0 aliphatic rings. The molecule has 0 aliphatic carbocycles. The number of benzene rings is 1. The highest BCUT2D eigenvalue weighted by molar-refractivity contribution is 5.32. The largest absolute Gasteiger partial charge is 0.496 e. The Morgan fingerprint density at radius 3 is 2.47 bits per heavy atom. The summed E-state index contributed by atoms with van der Waals surface area (Å²) < 4.78 is 5.30. The molecule has 1 N–H and O–H groups in total. The quantitative estimate of drug-likeness (QED) is 0.801. The molecule has 15 heavy (non-hydrogen) atoms. The highest BCUT2D eigenvalue weighted by atomic mass is 16.5. The van der Waals surface area contributed by atoms with Crippen molar-refractivity contribution in [3.05, 3.63) is 29.8 Å². The van der Waals surface area contributed by atoms with Crippen molar-refractivity contribution in [1.29, 1.82) is 0 Å². The first-order chi connectivity index (χ1) is 7.15. The van der Waals surface area contributed by atoms with Crippen LogP contribution in [0.15, 0.2) is 24.3 Å². The van der Waals surface area contributed by atoms with E-state index in [1.165, 1.54) is 5.56 Å². The predicted molar refractivity (Wildman–Crippen MR) is 64.1 cm³/mol. The monoisotopic (exact) mass is 207 g/mol. The number of ether oxygens (including phenoxy) is 1. The zero-order valence-corrected chi connectivity index (χ0v) is 10.1. The third-order valence-corrected chi connectivity index (χ3v) is 2.81. The van der Waals surface area contributed by atoms with Crippen molar-refractivity contribution >= 4 is 0 Å². The van der Waals surface area contributed by atoms with Gasteiger partial charge in [-0.1, -0.05) is 32.0 Å².